The van der Waals surface area contributed by atoms with Crippen LogP contribution in [0.4, 0.5) is 5.69 Å². The number of nitrogens with zero attached hydrogens (tertiary/aromatic N) is 1. The van der Waals surface area contributed by atoms with Crippen LogP contribution in [0.1, 0.15) is 18.4 Å². The van der Waals surface area contributed by atoms with Crippen molar-refractivity contribution in [1.82, 2.24) is 5.32 Å². The first-order chi connectivity index (χ1) is 10.1. The van der Waals surface area contributed by atoms with E-state index in [0.29, 0.717) is 19.7 Å². The van der Waals surface area contributed by atoms with Gasteiger partial charge in [-0.05, 0) is 18.6 Å². The number of carboxylic acid groups (broad SMARTS) is 1. The van der Waals surface area contributed by atoms with Crippen LogP contribution in [0.25, 0.3) is 0 Å². The number of hydrogen-bond acceptors (Lipinski definition) is 4. The van der Waals surface area contributed by atoms with Crippen LogP contribution in [0, 0.1) is 0 Å². The minimum Gasteiger partial charge on any atom is -0.481 e. The lowest BCUT2D eigenvalue weighted by Crippen LogP contribution is -2.46. The summed E-state index contributed by atoms with van der Waals surface area (Å²) in [5.74, 6) is -1.58. The molecular formula is C15H20N2O4. The van der Waals surface area contributed by atoms with Gasteiger partial charge in [0.25, 0.3) is 0 Å². The third kappa shape index (κ3) is 3.16. The molecule has 114 valence electrons. The Hall–Kier alpha value is -2.08. The zero-order valence-electron chi connectivity index (χ0n) is 12.2. The van der Waals surface area contributed by atoms with E-state index in [0.717, 1.165) is 11.3 Å². The lowest BCUT2D eigenvalue weighted by molar-refractivity contribution is -0.138. The van der Waals surface area contributed by atoms with Crippen molar-refractivity contribution in [1.29, 1.82) is 0 Å². The second kappa shape index (κ2) is 6.58. The number of carbonyl (C=O) groups excluding carboxylic acids is 1. The quantitative estimate of drug-likeness (QED) is 0.759. The minimum atomic E-state index is -0.864. The van der Waals surface area contributed by atoms with E-state index in [9.17, 15) is 14.7 Å². The molecule has 0 saturated carbocycles. The number of anilines is 1. The largest absolute Gasteiger partial charge is 0.481 e. The summed E-state index contributed by atoms with van der Waals surface area (Å²) >= 11 is 0. The van der Waals surface area contributed by atoms with Gasteiger partial charge in [0.1, 0.15) is 12.0 Å². The van der Waals surface area contributed by atoms with E-state index in [2.05, 4.69) is 5.32 Å². The summed E-state index contributed by atoms with van der Waals surface area (Å²) in [5.41, 5.74) is 1.58. The van der Waals surface area contributed by atoms with Crippen LogP contribution in [0.2, 0.25) is 0 Å². The fraction of sp³-hybridized carbons (Fsp3) is 0.467. The average Bonchev–Trinajstić information content (AvgIpc) is 2.86. The summed E-state index contributed by atoms with van der Waals surface area (Å²) in [4.78, 5) is 25.3. The van der Waals surface area contributed by atoms with Gasteiger partial charge < -0.3 is 20.1 Å². The van der Waals surface area contributed by atoms with Crippen LogP contribution in [-0.4, -0.2) is 49.8 Å². The molecule has 0 saturated heterocycles. The monoisotopic (exact) mass is 292 g/mol. The summed E-state index contributed by atoms with van der Waals surface area (Å²) in [6, 6.07) is 6.92. The number of amides is 1. The molecule has 0 radical (unpaired) electrons. The Morgan fingerprint density at radius 1 is 1.48 bits per heavy atom. The van der Waals surface area contributed by atoms with Gasteiger partial charge in [-0.2, -0.15) is 0 Å². The smallest absolute Gasteiger partial charge is 0.312 e. The summed E-state index contributed by atoms with van der Waals surface area (Å²) in [6.45, 7) is 2.99. The van der Waals surface area contributed by atoms with Gasteiger partial charge in [-0.3, -0.25) is 9.59 Å². The summed E-state index contributed by atoms with van der Waals surface area (Å²) in [7, 11) is 1.57. The molecule has 2 N–H and O–H groups in total. The van der Waals surface area contributed by atoms with Crippen molar-refractivity contribution in [2.24, 2.45) is 0 Å². The lowest BCUT2D eigenvalue weighted by Gasteiger charge is -2.26. The summed E-state index contributed by atoms with van der Waals surface area (Å²) < 4.78 is 4.90. The summed E-state index contributed by atoms with van der Waals surface area (Å²) in [6.07, 6.45) is 0. The topological polar surface area (TPSA) is 78.9 Å². The Kier molecular flexibility index (Phi) is 4.80. The van der Waals surface area contributed by atoms with E-state index < -0.39 is 17.9 Å². The normalized spacial score (nSPS) is 18.2. The van der Waals surface area contributed by atoms with Gasteiger partial charge in [-0.15, -0.1) is 0 Å². The number of carbonyl (C=O) groups is 2. The van der Waals surface area contributed by atoms with Gasteiger partial charge in [0.15, 0.2) is 0 Å². The van der Waals surface area contributed by atoms with Crippen LogP contribution < -0.4 is 10.2 Å². The van der Waals surface area contributed by atoms with E-state index in [1.165, 1.54) is 0 Å². The molecule has 1 aromatic rings. The van der Waals surface area contributed by atoms with Gasteiger partial charge in [0, 0.05) is 25.9 Å². The average molecular weight is 292 g/mol. The molecular weight excluding hydrogens is 272 g/mol. The Morgan fingerprint density at radius 3 is 2.86 bits per heavy atom. The van der Waals surface area contributed by atoms with E-state index in [4.69, 9.17) is 4.74 Å². The van der Waals surface area contributed by atoms with Crippen molar-refractivity contribution in [3.05, 3.63) is 29.8 Å². The van der Waals surface area contributed by atoms with E-state index >= 15 is 0 Å². The SMILES string of the molecule is COCCNC(=O)C(C)N1CC(C(=O)O)c2ccccc21. The number of rotatable bonds is 6. The highest BCUT2D eigenvalue weighted by Crippen LogP contribution is 2.37. The van der Waals surface area contributed by atoms with Crippen LogP contribution in [-0.2, 0) is 14.3 Å². The second-order valence-electron chi connectivity index (χ2n) is 5.06. The molecule has 2 atom stereocenters. The van der Waals surface area contributed by atoms with Crippen molar-refractivity contribution in [2.45, 2.75) is 18.9 Å². The molecule has 1 amide bonds. The van der Waals surface area contributed by atoms with Gasteiger partial charge in [-0.1, -0.05) is 18.2 Å². The fourth-order valence-electron chi connectivity index (χ4n) is 2.58. The van der Waals surface area contributed by atoms with E-state index in [1.807, 2.05) is 29.2 Å². The fourth-order valence-corrected chi connectivity index (χ4v) is 2.58. The first kappa shape index (κ1) is 15.3. The number of nitrogens with one attached hydrogen (secondary N) is 1. The third-order valence-corrected chi connectivity index (χ3v) is 3.75. The van der Waals surface area contributed by atoms with Gasteiger partial charge >= 0.3 is 5.97 Å². The molecule has 1 heterocycles. The van der Waals surface area contributed by atoms with Crippen molar-refractivity contribution in [3.63, 3.8) is 0 Å². The molecule has 6 heteroatoms. The van der Waals surface area contributed by atoms with Gasteiger partial charge in [-0.25, -0.2) is 0 Å². The van der Waals surface area contributed by atoms with Crippen molar-refractivity contribution in [2.75, 3.05) is 31.7 Å². The predicted molar refractivity (Wildman–Crippen MR) is 78.5 cm³/mol. The number of para-hydroxylation sites is 1. The summed E-state index contributed by atoms with van der Waals surface area (Å²) in [5, 5.41) is 12.1. The highest BCUT2D eigenvalue weighted by Gasteiger charge is 2.37. The van der Waals surface area contributed by atoms with Crippen molar-refractivity contribution in [3.8, 4) is 0 Å². The van der Waals surface area contributed by atoms with Crippen LogP contribution in [0.5, 0.6) is 0 Å². The van der Waals surface area contributed by atoms with Crippen LogP contribution in [0.3, 0.4) is 0 Å². The molecule has 0 fully saturated rings. The zero-order valence-corrected chi connectivity index (χ0v) is 12.2. The Balaban J connectivity index is 2.14. The minimum absolute atomic E-state index is 0.132. The van der Waals surface area contributed by atoms with Gasteiger partial charge in [0.05, 0.1) is 6.61 Å². The number of ether oxygens (including phenoxy) is 1. The molecule has 0 aliphatic carbocycles. The Labute approximate surface area is 123 Å². The maximum absolute atomic E-state index is 12.1. The molecule has 1 aliphatic heterocycles. The van der Waals surface area contributed by atoms with Crippen molar-refractivity contribution >= 4 is 17.6 Å². The lowest BCUT2D eigenvalue weighted by atomic mass is 10.0. The highest BCUT2D eigenvalue weighted by atomic mass is 16.5. The number of carboxylic acids is 1. The Bertz CT molecular complexity index is 532. The second-order valence-corrected chi connectivity index (χ2v) is 5.06. The molecule has 2 unspecified atom stereocenters. The van der Waals surface area contributed by atoms with Gasteiger partial charge in [0.2, 0.25) is 5.91 Å². The molecule has 0 spiro atoms. The number of methoxy groups -OCH3 is 1. The predicted octanol–water partition coefficient (Wildman–Crippen LogP) is 0.826. The maximum Gasteiger partial charge on any atom is 0.312 e. The van der Waals surface area contributed by atoms with Crippen LogP contribution >= 0.6 is 0 Å². The molecule has 1 aromatic carbocycles. The number of hydrogen-bond donors (Lipinski definition) is 2. The number of benzene rings is 1. The highest BCUT2D eigenvalue weighted by molar-refractivity contribution is 5.89. The Morgan fingerprint density at radius 2 is 2.19 bits per heavy atom. The van der Waals surface area contributed by atoms with Crippen LogP contribution in [0.15, 0.2) is 24.3 Å². The number of fused-ring (bicyclic) bond motifs is 1. The molecule has 2 rings (SSSR count). The van der Waals surface area contributed by atoms with E-state index in [1.54, 1.807) is 14.0 Å². The number of aliphatic carboxylic acids is 1. The third-order valence-electron chi connectivity index (χ3n) is 3.75. The molecule has 1 aliphatic rings. The molecule has 0 aromatic heterocycles. The van der Waals surface area contributed by atoms with Crippen molar-refractivity contribution < 1.29 is 19.4 Å². The first-order valence-corrected chi connectivity index (χ1v) is 6.91. The standard InChI is InChI=1S/C15H20N2O4/c1-10(14(18)16-7-8-21-2)17-9-12(15(19)20)11-5-3-4-6-13(11)17/h3-6,10,12H,7-9H2,1-2H3,(H,16,18)(H,19,20). The first-order valence-electron chi connectivity index (χ1n) is 6.91. The maximum atomic E-state index is 12.1. The molecule has 21 heavy (non-hydrogen) atoms. The molecule has 0 bridgehead atoms. The molecule has 6 nitrogen and oxygen atoms in total. The zero-order chi connectivity index (χ0) is 15.4. The van der Waals surface area contributed by atoms with E-state index in [-0.39, 0.29) is 5.91 Å².